The molecule has 1 saturated heterocycles. The molecule has 2 heterocycles. The Bertz CT molecular complexity index is 743. The quantitative estimate of drug-likeness (QED) is 0.866. The Hall–Kier alpha value is -2.54. The van der Waals surface area contributed by atoms with E-state index in [1.54, 1.807) is 17.8 Å². The standard InChI is InChI=1S/C16H18ClN5O2/c1-11(15(23)22-7-6-18-16(22)24)20-14-8-19-21(10-14)9-12-2-4-13(17)5-3-12/h2-5,8,10-11,20H,6-7,9H2,1H3,(H,18,24)/t11-/m0/s1. The largest absolute Gasteiger partial charge is 0.371 e. The number of hydrogen-bond acceptors (Lipinski definition) is 4. The molecule has 0 saturated carbocycles. The number of nitrogens with zero attached hydrogens (tertiary/aromatic N) is 3. The third-order valence-corrected chi connectivity index (χ3v) is 4.02. The summed E-state index contributed by atoms with van der Waals surface area (Å²) in [4.78, 5) is 25.0. The van der Waals surface area contributed by atoms with Crippen LogP contribution in [-0.2, 0) is 11.3 Å². The summed E-state index contributed by atoms with van der Waals surface area (Å²) in [6, 6.07) is 6.70. The predicted molar refractivity (Wildman–Crippen MR) is 91.0 cm³/mol. The van der Waals surface area contributed by atoms with Crippen molar-refractivity contribution in [2.24, 2.45) is 0 Å². The van der Waals surface area contributed by atoms with E-state index in [-0.39, 0.29) is 11.9 Å². The lowest BCUT2D eigenvalue weighted by Gasteiger charge is -2.18. The summed E-state index contributed by atoms with van der Waals surface area (Å²) in [7, 11) is 0. The van der Waals surface area contributed by atoms with E-state index in [0.717, 1.165) is 11.3 Å². The van der Waals surface area contributed by atoms with E-state index in [1.807, 2.05) is 30.5 Å². The highest BCUT2D eigenvalue weighted by Crippen LogP contribution is 2.13. The van der Waals surface area contributed by atoms with Gasteiger partial charge in [0.2, 0.25) is 0 Å². The molecule has 0 unspecified atom stereocenters. The molecule has 0 bridgehead atoms. The summed E-state index contributed by atoms with van der Waals surface area (Å²) >= 11 is 5.87. The van der Waals surface area contributed by atoms with E-state index in [2.05, 4.69) is 15.7 Å². The van der Waals surface area contributed by atoms with Gasteiger partial charge in [0.05, 0.1) is 18.4 Å². The average Bonchev–Trinajstić information content (AvgIpc) is 3.18. The van der Waals surface area contributed by atoms with Gasteiger partial charge in [0.25, 0.3) is 5.91 Å². The molecule has 126 valence electrons. The summed E-state index contributed by atoms with van der Waals surface area (Å²) in [6.45, 7) is 3.23. The maximum absolute atomic E-state index is 12.3. The number of carbonyl (C=O) groups is 2. The minimum Gasteiger partial charge on any atom is -0.371 e. The molecule has 2 aromatic rings. The van der Waals surface area contributed by atoms with Gasteiger partial charge in [-0.25, -0.2) is 4.79 Å². The smallest absolute Gasteiger partial charge is 0.324 e. The summed E-state index contributed by atoms with van der Waals surface area (Å²) in [6.07, 6.45) is 3.48. The highest BCUT2D eigenvalue weighted by atomic mass is 35.5. The minimum atomic E-state index is -0.512. The fourth-order valence-corrected chi connectivity index (χ4v) is 2.65. The van der Waals surface area contributed by atoms with E-state index in [1.165, 1.54) is 4.90 Å². The van der Waals surface area contributed by atoms with E-state index in [0.29, 0.717) is 24.7 Å². The first-order chi connectivity index (χ1) is 11.5. The van der Waals surface area contributed by atoms with E-state index in [4.69, 9.17) is 11.6 Å². The number of urea groups is 1. The lowest BCUT2D eigenvalue weighted by molar-refractivity contribution is -0.128. The van der Waals surface area contributed by atoms with Gasteiger partial charge in [-0.2, -0.15) is 5.10 Å². The molecule has 0 aliphatic carbocycles. The van der Waals surface area contributed by atoms with Crippen molar-refractivity contribution in [3.63, 3.8) is 0 Å². The van der Waals surface area contributed by atoms with Crippen LogP contribution in [0, 0.1) is 0 Å². The lowest BCUT2D eigenvalue weighted by Crippen LogP contribution is -2.43. The molecule has 3 amide bonds. The maximum atomic E-state index is 12.3. The van der Waals surface area contributed by atoms with Crippen molar-refractivity contribution in [2.75, 3.05) is 18.4 Å². The first kappa shape index (κ1) is 16.3. The molecule has 1 fully saturated rings. The number of hydrogen-bond donors (Lipinski definition) is 2. The first-order valence-corrected chi connectivity index (χ1v) is 8.03. The van der Waals surface area contributed by atoms with Crippen molar-refractivity contribution < 1.29 is 9.59 Å². The molecule has 24 heavy (non-hydrogen) atoms. The summed E-state index contributed by atoms with van der Waals surface area (Å²) in [5.41, 5.74) is 1.80. The number of halogens is 1. The van der Waals surface area contributed by atoms with Gasteiger partial charge in [-0.05, 0) is 24.6 Å². The second-order valence-electron chi connectivity index (χ2n) is 5.64. The Kier molecular flexibility index (Phi) is 4.71. The van der Waals surface area contributed by atoms with E-state index < -0.39 is 6.04 Å². The molecule has 2 N–H and O–H groups in total. The number of aromatic nitrogens is 2. The number of carbonyl (C=O) groups excluding carboxylic acids is 2. The molecule has 0 radical (unpaired) electrons. The van der Waals surface area contributed by atoms with Crippen molar-refractivity contribution >= 4 is 29.2 Å². The first-order valence-electron chi connectivity index (χ1n) is 7.65. The van der Waals surface area contributed by atoms with Gasteiger partial charge in [0.1, 0.15) is 6.04 Å². The highest BCUT2D eigenvalue weighted by molar-refractivity contribution is 6.30. The molecule has 8 heteroatoms. The van der Waals surface area contributed by atoms with Gasteiger partial charge in [0.15, 0.2) is 0 Å². The monoisotopic (exact) mass is 347 g/mol. The minimum absolute atomic E-state index is 0.254. The zero-order chi connectivity index (χ0) is 17.1. The van der Waals surface area contributed by atoms with Crippen molar-refractivity contribution in [3.8, 4) is 0 Å². The molecular weight excluding hydrogens is 330 g/mol. The van der Waals surface area contributed by atoms with Crippen LogP contribution in [0.15, 0.2) is 36.7 Å². The topological polar surface area (TPSA) is 79.3 Å². The van der Waals surface area contributed by atoms with Gasteiger partial charge >= 0.3 is 6.03 Å². The molecule has 1 aromatic carbocycles. The summed E-state index contributed by atoms with van der Waals surface area (Å²) in [5, 5.41) is 10.7. The zero-order valence-corrected chi connectivity index (χ0v) is 14.0. The highest BCUT2D eigenvalue weighted by Gasteiger charge is 2.29. The number of anilines is 1. The Morgan fingerprint density at radius 1 is 1.42 bits per heavy atom. The SMILES string of the molecule is C[C@H](Nc1cnn(Cc2ccc(Cl)cc2)c1)C(=O)N1CCNC1=O. The lowest BCUT2D eigenvalue weighted by atomic mass is 10.2. The van der Waals surface area contributed by atoms with Gasteiger partial charge in [0, 0.05) is 24.3 Å². The molecule has 0 spiro atoms. The van der Waals surface area contributed by atoms with E-state index in [9.17, 15) is 9.59 Å². The van der Waals surface area contributed by atoms with Gasteiger partial charge < -0.3 is 10.6 Å². The number of imide groups is 1. The molecule has 7 nitrogen and oxygen atoms in total. The third kappa shape index (κ3) is 3.68. The zero-order valence-electron chi connectivity index (χ0n) is 13.2. The summed E-state index contributed by atoms with van der Waals surface area (Å²) in [5.74, 6) is -0.254. The predicted octanol–water partition coefficient (Wildman–Crippen LogP) is 1.94. The van der Waals surface area contributed by atoms with Crippen LogP contribution in [0.5, 0.6) is 0 Å². The Morgan fingerprint density at radius 2 is 2.17 bits per heavy atom. The maximum Gasteiger partial charge on any atom is 0.324 e. The molecule has 1 aliphatic rings. The number of rotatable bonds is 5. The van der Waals surface area contributed by atoms with Crippen LogP contribution in [0.4, 0.5) is 10.5 Å². The number of benzene rings is 1. The van der Waals surface area contributed by atoms with Crippen LogP contribution in [0.2, 0.25) is 5.02 Å². The van der Waals surface area contributed by atoms with Crippen LogP contribution in [-0.4, -0.2) is 45.8 Å². The Morgan fingerprint density at radius 3 is 2.83 bits per heavy atom. The Labute approximate surface area is 144 Å². The third-order valence-electron chi connectivity index (χ3n) is 3.77. The fraction of sp³-hybridized carbons (Fsp3) is 0.312. The molecule has 1 atom stereocenters. The van der Waals surface area contributed by atoms with Crippen LogP contribution in [0.25, 0.3) is 0 Å². The van der Waals surface area contributed by atoms with Gasteiger partial charge in [-0.3, -0.25) is 14.4 Å². The average molecular weight is 348 g/mol. The normalized spacial score (nSPS) is 15.2. The molecular formula is C16H18ClN5O2. The van der Waals surface area contributed by atoms with Gasteiger partial charge in [-0.1, -0.05) is 23.7 Å². The second-order valence-corrected chi connectivity index (χ2v) is 6.08. The molecule has 1 aromatic heterocycles. The van der Waals surface area contributed by atoms with Crippen molar-refractivity contribution in [3.05, 3.63) is 47.2 Å². The summed E-state index contributed by atoms with van der Waals surface area (Å²) < 4.78 is 1.77. The van der Waals surface area contributed by atoms with Crippen LogP contribution < -0.4 is 10.6 Å². The fourth-order valence-electron chi connectivity index (χ4n) is 2.53. The van der Waals surface area contributed by atoms with Crippen LogP contribution in [0.3, 0.4) is 0 Å². The van der Waals surface area contributed by atoms with Crippen molar-refractivity contribution in [1.29, 1.82) is 0 Å². The number of amides is 3. The van der Waals surface area contributed by atoms with E-state index >= 15 is 0 Å². The van der Waals surface area contributed by atoms with Gasteiger partial charge in [-0.15, -0.1) is 0 Å². The molecule has 3 rings (SSSR count). The van der Waals surface area contributed by atoms with Crippen molar-refractivity contribution in [1.82, 2.24) is 20.0 Å². The number of nitrogens with one attached hydrogen (secondary N) is 2. The molecule has 1 aliphatic heterocycles. The van der Waals surface area contributed by atoms with Crippen molar-refractivity contribution in [2.45, 2.75) is 19.5 Å². The second kappa shape index (κ2) is 6.92. The van der Waals surface area contributed by atoms with Crippen LogP contribution in [0.1, 0.15) is 12.5 Å². The van der Waals surface area contributed by atoms with Crippen LogP contribution >= 0.6 is 11.6 Å². The Balaban J connectivity index is 1.60.